The molecule has 0 fully saturated rings. The largest absolute Gasteiger partial charge is 0.497 e. The van der Waals surface area contributed by atoms with Crippen LogP contribution in [0.4, 0.5) is 0 Å². The van der Waals surface area contributed by atoms with E-state index in [1.165, 1.54) is 0 Å². The monoisotopic (exact) mass is 515 g/mol. The summed E-state index contributed by atoms with van der Waals surface area (Å²) in [5.41, 5.74) is 1.23. The Morgan fingerprint density at radius 2 is 1.63 bits per heavy atom. The van der Waals surface area contributed by atoms with Crippen molar-refractivity contribution in [2.24, 2.45) is 5.16 Å². The number of nitrogens with one attached hydrogen (secondary N) is 2. The molecular weight excluding hydrogens is 485 g/mol. The van der Waals surface area contributed by atoms with Crippen LogP contribution in [-0.4, -0.2) is 59.9 Å². The summed E-state index contributed by atoms with van der Waals surface area (Å²) in [4.78, 5) is 32.0. The van der Waals surface area contributed by atoms with Crippen LogP contribution in [0.25, 0.3) is 0 Å². The van der Waals surface area contributed by atoms with Gasteiger partial charge in [-0.25, -0.2) is 0 Å². The molecule has 0 spiro atoms. The number of carbonyl (C=O) groups is 2. The van der Waals surface area contributed by atoms with Gasteiger partial charge in [0.25, 0.3) is 11.8 Å². The van der Waals surface area contributed by atoms with Gasteiger partial charge in [0.1, 0.15) is 5.75 Å². The van der Waals surface area contributed by atoms with Gasteiger partial charge in [-0.2, -0.15) is 0 Å². The Bertz CT molecular complexity index is 1250. The minimum Gasteiger partial charge on any atom is -0.497 e. The summed E-state index contributed by atoms with van der Waals surface area (Å²) in [6.45, 7) is 0.0880. The average Bonchev–Trinajstić information content (AvgIpc) is 3.36. The highest BCUT2D eigenvalue weighted by Gasteiger charge is 2.48. The number of ether oxygens (including phenoxy) is 1. The maximum absolute atomic E-state index is 13.6. The van der Waals surface area contributed by atoms with E-state index in [9.17, 15) is 19.6 Å². The first kappa shape index (κ1) is 26.9. The highest BCUT2D eigenvalue weighted by atomic mass is 16.7. The van der Waals surface area contributed by atoms with Gasteiger partial charge in [0.2, 0.25) is 5.60 Å². The number of benzene rings is 3. The van der Waals surface area contributed by atoms with Crippen molar-refractivity contribution in [3.63, 3.8) is 0 Å². The van der Waals surface area contributed by atoms with E-state index in [-0.39, 0.29) is 31.7 Å². The minimum atomic E-state index is -1.78. The zero-order chi connectivity index (χ0) is 27.0. The first-order valence-electron chi connectivity index (χ1n) is 12.3. The van der Waals surface area contributed by atoms with Crippen LogP contribution in [0, 0.1) is 0 Å². The maximum Gasteiger partial charge on any atom is 0.475 e. The molecule has 2 unspecified atom stereocenters. The number of oxime groups is 1. The van der Waals surface area contributed by atoms with Crippen molar-refractivity contribution in [2.45, 2.75) is 30.8 Å². The molecule has 1 heterocycles. The van der Waals surface area contributed by atoms with Gasteiger partial charge in [0, 0.05) is 18.4 Å². The molecule has 3 aromatic carbocycles. The van der Waals surface area contributed by atoms with Crippen molar-refractivity contribution in [1.82, 2.24) is 10.6 Å². The first-order valence-corrected chi connectivity index (χ1v) is 12.3. The molecule has 1 aliphatic heterocycles. The van der Waals surface area contributed by atoms with Gasteiger partial charge in [-0.15, -0.1) is 0 Å². The molecular formula is C28H30BN3O6. The molecule has 0 bridgehead atoms. The molecule has 9 nitrogen and oxygen atoms in total. The molecule has 2 atom stereocenters. The Hall–Kier alpha value is -4.15. The van der Waals surface area contributed by atoms with Crippen LogP contribution in [-0.2, 0) is 22.5 Å². The second kappa shape index (κ2) is 12.4. The number of rotatable bonds is 11. The molecule has 0 saturated carbocycles. The van der Waals surface area contributed by atoms with E-state index in [0.717, 1.165) is 11.1 Å². The van der Waals surface area contributed by atoms with E-state index in [1.807, 2.05) is 60.7 Å². The van der Waals surface area contributed by atoms with Crippen molar-refractivity contribution >= 4 is 24.6 Å². The number of hydrogen-bond acceptors (Lipinski definition) is 7. The quantitative estimate of drug-likeness (QED) is 0.289. The van der Waals surface area contributed by atoms with Crippen molar-refractivity contribution in [3.8, 4) is 5.75 Å². The summed E-state index contributed by atoms with van der Waals surface area (Å²) in [5, 5.41) is 29.7. The molecule has 2 amide bonds. The summed E-state index contributed by atoms with van der Waals surface area (Å²) in [5.74, 6) is -1.13. The second-order valence-corrected chi connectivity index (χ2v) is 9.18. The van der Waals surface area contributed by atoms with Gasteiger partial charge in [0.15, 0.2) is 0 Å². The molecule has 0 saturated heterocycles. The van der Waals surface area contributed by atoms with E-state index >= 15 is 0 Å². The minimum absolute atomic E-state index is 0.0880. The van der Waals surface area contributed by atoms with Gasteiger partial charge in [-0.3, -0.25) is 9.59 Å². The third-order valence-corrected chi connectivity index (χ3v) is 6.37. The van der Waals surface area contributed by atoms with Crippen molar-refractivity contribution in [2.75, 3.05) is 13.7 Å². The molecule has 10 heteroatoms. The zero-order valence-corrected chi connectivity index (χ0v) is 21.0. The second-order valence-electron chi connectivity index (χ2n) is 9.18. The number of amides is 2. The van der Waals surface area contributed by atoms with E-state index in [2.05, 4.69) is 15.8 Å². The SMILES string of the molecule is COc1ccc(C(=O)NCC2=NOC(Cc3ccccc3)(C(=O)NC(Cc3ccccc3)B(O)O)C2)cc1. The molecule has 0 aromatic heterocycles. The predicted octanol–water partition coefficient (Wildman–Crippen LogP) is 1.92. The summed E-state index contributed by atoms with van der Waals surface area (Å²) < 4.78 is 5.12. The lowest BCUT2D eigenvalue weighted by Gasteiger charge is -2.28. The van der Waals surface area contributed by atoms with Crippen molar-refractivity contribution in [1.29, 1.82) is 0 Å². The Balaban J connectivity index is 1.46. The van der Waals surface area contributed by atoms with E-state index < -0.39 is 24.6 Å². The predicted molar refractivity (Wildman–Crippen MR) is 144 cm³/mol. The molecule has 0 radical (unpaired) electrons. The van der Waals surface area contributed by atoms with Crippen molar-refractivity contribution in [3.05, 3.63) is 102 Å². The molecule has 3 aromatic rings. The van der Waals surface area contributed by atoms with Crippen LogP contribution in [0.5, 0.6) is 5.75 Å². The van der Waals surface area contributed by atoms with E-state index in [1.54, 1.807) is 31.4 Å². The van der Waals surface area contributed by atoms with Crippen LogP contribution < -0.4 is 15.4 Å². The molecule has 0 aliphatic carbocycles. The Kier molecular flexibility index (Phi) is 8.78. The molecule has 196 valence electrons. The molecule has 1 aliphatic rings. The highest BCUT2D eigenvalue weighted by molar-refractivity contribution is 6.43. The van der Waals surface area contributed by atoms with Gasteiger partial charge in [0.05, 0.1) is 25.3 Å². The van der Waals surface area contributed by atoms with Gasteiger partial charge in [-0.05, 0) is 41.8 Å². The molecule has 38 heavy (non-hydrogen) atoms. The lowest BCUT2D eigenvalue weighted by atomic mass is 9.75. The summed E-state index contributed by atoms with van der Waals surface area (Å²) in [6, 6.07) is 25.3. The van der Waals surface area contributed by atoms with Crippen LogP contribution in [0.2, 0.25) is 0 Å². The third-order valence-electron chi connectivity index (χ3n) is 6.37. The average molecular weight is 515 g/mol. The fourth-order valence-electron chi connectivity index (χ4n) is 4.29. The number of nitrogens with zero attached hydrogens (tertiary/aromatic N) is 1. The number of hydrogen-bond donors (Lipinski definition) is 4. The van der Waals surface area contributed by atoms with Gasteiger partial charge < -0.3 is 30.3 Å². The Labute approximate surface area is 221 Å². The van der Waals surface area contributed by atoms with Gasteiger partial charge >= 0.3 is 7.12 Å². The fourth-order valence-corrected chi connectivity index (χ4v) is 4.29. The Morgan fingerprint density at radius 3 is 2.24 bits per heavy atom. The summed E-state index contributed by atoms with van der Waals surface area (Å²) in [6.07, 6.45) is 0.548. The summed E-state index contributed by atoms with van der Waals surface area (Å²) in [7, 11) is -0.227. The van der Waals surface area contributed by atoms with Gasteiger partial charge in [-0.1, -0.05) is 65.8 Å². The maximum atomic E-state index is 13.6. The standard InChI is InChI=1S/C28H30BN3O6/c1-37-24-14-12-22(13-15-24)26(33)30-19-23-18-28(38-32-23,17-21-10-6-3-7-11-21)27(34)31-25(29(35)36)16-20-8-4-2-5-9-20/h2-15,25,35-36H,16-19H2,1H3,(H,30,33)(H,31,34). The van der Waals surface area contributed by atoms with Crippen LogP contribution in [0.15, 0.2) is 90.1 Å². The zero-order valence-electron chi connectivity index (χ0n) is 21.0. The highest BCUT2D eigenvalue weighted by Crippen LogP contribution is 2.29. The van der Waals surface area contributed by atoms with E-state index in [4.69, 9.17) is 9.57 Å². The smallest absolute Gasteiger partial charge is 0.475 e. The lowest BCUT2D eigenvalue weighted by Crippen LogP contribution is -2.56. The molecule has 4 rings (SSSR count). The Morgan fingerprint density at radius 1 is 1.00 bits per heavy atom. The van der Waals surface area contributed by atoms with Crippen LogP contribution >= 0.6 is 0 Å². The van der Waals surface area contributed by atoms with Crippen LogP contribution in [0.3, 0.4) is 0 Å². The fraction of sp³-hybridized carbons (Fsp3) is 0.250. The summed E-state index contributed by atoms with van der Waals surface area (Å²) >= 11 is 0. The molecule has 4 N–H and O–H groups in total. The van der Waals surface area contributed by atoms with Crippen LogP contribution in [0.1, 0.15) is 27.9 Å². The van der Waals surface area contributed by atoms with E-state index in [0.29, 0.717) is 17.0 Å². The number of methoxy groups -OCH3 is 1. The third kappa shape index (κ3) is 6.79. The lowest BCUT2D eigenvalue weighted by molar-refractivity contribution is -0.144. The topological polar surface area (TPSA) is 129 Å². The van der Waals surface area contributed by atoms with Crippen molar-refractivity contribution < 1.29 is 29.2 Å². The number of carbonyl (C=O) groups excluding carboxylic acids is 2. The first-order chi connectivity index (χ1) is 18.4. The normalized spacial score (nSPS) is 17.1.